The molecule has 0 saturated heterocycles. The van der Waals surface area contributed by atoms with E-state index in [1.165, 1.54) is 24.4 Å². The molecule has 0 bridgehead atoms. The Bertz CT molecular complexity index is 1210. The number of ether oxygens (including phenoxy) is 1. The molecule has 0 aliphatic carbocycles. The van der Waals surface area contributed by atoms with E-state index in [2.05, 4.69) is 26.1 Å². The fraction of sp³-hybridized carbons (Fsp3) is 0.0526. The quantitative estimate of drug-likeness (QED) is 0.321. The zero-order valence-corrected chi connectivity index (χ0v) is 16.0. The number of rotatable bonds is 4. The molecule has 0 unspecified atom stereocenters. The summed E-state index contributed by atoms with van der Waals surface area (Å²) in [4.78, 5) is 36.3. The summed E-state index contributed by atoms with van der Waals surface area (Å²) in [5, 5.41) is 33.5. The van der Waals surface area contributed by atoms with E-state index in [-0.39, 0.29) is 35.0 Å². The van der Waals surface area contributed by atoms with Crippen LogP contribution in [-0.2, 0) is 4.79 Å². The number of phenols is 2. The number of benzene rings is 2. The van der Waals surface area contributed by atoms with Gasteiger partial charge in [-0.05, 0) is 6.07 Å². The van der Waals surface area contributed by atoms with Gasteiger partial charge in [-0.2, -0.15) is 5.10 Å². The molecule has 1 aromatic heterocycles. The van der Waals surface area contributed by atoms with Gasteiger partial charge in [0.25, 0.3) is 17.7 Å². The molecule has 8 N–H and O–H groups in total. The van der Waals surface area contributed by atoms with Gasteiger partial charge in [0, 0.05) is 24.3 Å². The van der Waals surface area contributed by atoms with Gasteiger partial charge in [0.05, 0.1) is 28.7 Å². The fourth-order valence-corrected chi connectivity index (χ4v) is 2.84. The van der Waals surface area contributed by atoms with Crippen LogP contribution in [-0.4, -0.2) is 50.2 Å². The first-order valence-electron chi connectivity index (χ1n) is 8.76. The number of carbonyl (C=O) groups excluding carboxylic acids is 3. The Kier molecular flexibility index (Phi) is 5.93. The van der Waals surface area contributed by atoms with Crippen LogP contribution >= 0.6 is 0 Å². The summed E-state index contributed by atoms with van der Waals surface area (Å²) >= 11 is 0. The summed E-state index contributed by atoms with van der Waals surface area (Å²) < 4.78 is 19.4. The largest absolute Gasteiger partial charge is 0.507 e. The van der Waals surface area contributed by atoms with Gasteiger partial charge in [0.1, 0.15) is 28.9 Å². The molecule has 0 fully saturated rings. The first-order valence-corrected chi connectivity index (χ1v) is 8.76. The van der Waals surface area contributed by atoms with E-state index in [1.807, 2.05) is 0 Å². The Labute approximate surface area is 178 Å². The second kappa shape index (κ2) is 8.61. The molecule has 1 aliphatic heterocycles. The molecule has 0 saturated carbocycles. The number of phenolic OH excluding ortho intramolecular Hbond substituents is 2. The monoisotopic (exact) mass is 445 g/mol. The van der Waals surface area contributed by atoms with Crippen LogP contribution in [0.3, 0.4) is 0 Å². The van der Waals surface area contributed by atoms with E-state index in [0.29, 0.717) is 6.07 Å². The van der Waals surface area contributed by atoms with Crippen molar-refractivity contribution in [3.05, 3.63) is 53.5 Å². The molecule has 0 atom stereocenters. The number of H-pyrrole nitrogens is 1. The molecular formula is C19H16FN5O7. The third-order valence-electron chi connectivity index (χ3n) is 4.30. The number of fused-ring (bicyclic) bond motifs is 1. The molecule has 4 rings (SSSR count). The molecule has 166 valence electrons. The summed E-state index contributed by atoms with van der Waals surface area (Å²) in [5.74, 6) is -3.96. The van der Waals surface area contributed by atoms with Crippen molar-refractivity contribution >= 4 is 34.9 Å². The molecule has 0 spiro atoms. The minimum Gasteiger partial charge on any atom is -0.507 e. The maximum atomic E-state index is 14.2. The minimum atomic E-state index is -1.05. The van der Waals surface area contributed by atoms with Gasteiger partial charge in [-0.15, -0.1) is 0 Å². The Morgan fingerprint density at radius 2 is 1.81 bits per heavy atom. The zero-order valence-electron chi connectivity index (χ0n) is 16.0. The summed E-state index contributed by atoms with van der Waals surface area (Å²) in [6, 6.07) is 5.39. The highest BCUT2D eigenvalue weighted by Gasteiger charge is 2.23. The lowest BCUT2D eigenvalue weighted by molar-refractivity contribution is -0.118. The van der Waals surface area contributed by atoms with E-state index < -0.39 is 46.2 Å². The van der Waals surface area contributed by atoms with Crippen LogP contribution < -0.4 is 20.7 Å². The van der Waals surface area contributed by atoms with Gasteiger partial charge in [0.2, 0.25) is 0 Å². The summed E-state index contributed by atoms with van der Waals surface area (Å²) in [7, 11) is 0. The van der Waals surface area contributed by atoms with Crippen molar-refractivity contribution in [2.75, 3.05) is 22.6 Å². The molecule has 1 aliphatic rings. The van der Waals surface area contributed by atoms with Gasteiger partial charge in [-0.25, -0.2) is 4.39 Å². The van der Waals surface area contributed by atoms with Crippen molar-refractivity contribution in [3.63, 3.8) is 0 Å². The fourth-order valence-electron chi connectivity index (χ4n) is 2.84. The number of nitrogens with one attached hydrogen (secondary N) is 4. The highest BCUT2D eigenvalue weighted by atomic mass is 19.1. The number of aromatic nitrogens is 2. The van der Waals surface area contributed by atoms with Crippen LogP contribution in [0.2, 0.25) is 0 Å². The normalized spacial score (nSPS) is 12.0. The van der Waals surface area contributed by atoms with E-state index in [4.69, 9.17) is 4.74 Å². The lowest BCUT2D eigenvalue weighted by Crippen LogP contribution is -2.25. The lowest BCUT2D eigenvalue weighted by Gasteiger charge is -2.19. The summed E-state index contributed by atoms with van der Waals surface area (Å²) in [5.41, 5.74) is -0.790. The summed E-state index contributed by atoms with van der Waals surface area (Å²) in [6.07, 6.45) is 1.38. The van der Waals surface area contributed by atoms with Crippen molar-refractivity contribution in [2.45, 2.75) is 0 Å². The van der Waals surface area contributed by atoms with Crippen LogP contribution in [0.15, 0.2) is 36.5 Å². The van der Waals surface area contributed by atoms with Crippen molar-refractivity contribution in [2.24, 2.45) is 0 Å². The lowest BCUT2D eigenvalue weighted by atomic mass is 10.1. The Morgan fingerprint density at radius 1 is 1.06 bits per heavy atom. The molecular weight excluding hydrogens is 429 g/mol. The van der Waals surface area contributed by atoms with Crippen LogP contribution in [0.25, 0.3) is 0 Å². The predicted octanol–water partition coefficient (Wildman–Crippen LogP) is 0.971. The standard InChI is InChI=1S/C19H14FN5O6.H2O/c20-10-4-13(26)9(3-8(10)18(29)24-16-1-2-21-25-16)19(30)23-11-6-15-12(5-14(11)27)22-17(28)7-31-15;/h1-6,26-27H,7H2,(H,22,28)(H,23,30)(H2,21,24,25,29);1H2. The van der Waals surface area contributed by atoms with Crippen molar-refractivity contribution < 1.29 is 39.2 Å². The highest BCUT2D eigenvalue weighted by molar-refractivity contribution is 6.10. The Morgan fingerprint density at radius 3 is 2.53 bits per heavy atom. The predicted molar refractivity (Wildman–Crippen MR) is 108 cm³/mol. The Hall–Kier alpha value is -4.65. The van der Waals surface area contributed by atoms with Crippen molar-refractivity contribution in [1.29, 1.82) is 0 Å². The second-order valence-electron chi connectivity index (χ2n) is 6.43. The number of nitrogens with zero attached hydrogens (tertiary/aromatic N) is 1. The smallest absolute Gasteiger partial charge is 0.262 e. The van der Waals surface area contributed by atoms with Crippen molar-refractivity contribution in [1.82, 2.24) is 10.2 Å². The molecule has 0 radical (unpaired) electrons. The van der Waals surface area contributed by atoms with E-state index in [1.54, 1.807) is 0 Å². The van der Waals surface area contributed by atoms with E-state index >= 15 is 0 Å². The van der Waals surface area contributed by atoms with Crippen LogP contribution in [0.4, 0.5) is 21.6 Å². The average Bonchev–Trinajstić information content (AvgIpc) is 3.21. The molecule has 3 amide bonds. The number of aromatic hydroxyl groups is 2. The second-order valence-corrected chi connectivity index (χ2v) is 6.43. The van der Waals surface area contributed by atoms with Crippen LogP contribution in [0.5, 0.6) is 17.2 Å². The zero-order chi connectivity index (χ0) is 22.1. The first-order chi connectivity index (χ1) is 14.8. The van der Waals surface area contributed by atoms with E-state index in [0.717, 1.165) is 6.07 Å². The number of hydrogen-bond acceptors (Lipinski definition) is 7. The van der Waals surface area contributed by atoms with Crippen molar-refractivity contribution in [3.8, 4) is 17.2 Å². The molecule has 2 heterocycles. The SMILES string of the molecule is O.O=C1COc2cc(NC(=O)c3cc(C(=O)Nc4ccn[nH]4)c(F)cc3O)c(O)cc2N1. The van der Waals surface area contributed by atoms with Gasteiger partial charge >= 0.3 is 0 Å². The number of anilines is 3. The van der Waals surface area contributed by atoms with Gasteiger partial charge in [-0.3, -0.25) is 19.5 Å². The van der Waals surface area contributed by atoms with Crippen LogP contribution in [0.1, 0.15) is 20.7 Å². The molecule has 3 aromatic rings. The van der Waals surface area contributed by atoms with Gasteiger partial charge < -0.3 is 36.4 Å². The Balaban J connectivity index is 0.00000289. The molecule has 13 heteroatoms. The number of carbonyl (C=O) groups is 3. The topological polar surface area (TPSA) is 197 Å². The van der Waals surface area contributed by atoms with Gasteiger partial charge in [0.15, 0.2) is 6.61 Å². The number of hydrogen-bond donors (Lipinski definition) is 6. The summed E-state index contributed by atoms with van der Waals surface area (Å²) in [6.45, 7) is -0.237. The third-order valence-corrected chi connectivity index (χ3v) is 4.30. The minimum absolute atomic E-state index is 0. The first kappa shape index (κ1) is 22.0. The number of halogens is 1. The number of amides is 3. The van der Waals surface area contributed by atoms with E-state index in [9.17, 15) is 29.0 Å². The third kappa shape index (κ3) is 4.27. The maximum Gasteiger partial charge on any atom is 0.262 e. The maximum absolute atomic E-state index is 14.2. The van der Waals surface area contributed by atoms with Gasteiger partial charge in [-0.1, -0.05) is 0 Å². The molecule has 32 heavy (non-hydrogen) atoms. The highest BCUT2D eigenvalue weighted by Crippen LogP contribution is 2.37. The molecule has 12 nitrogen and oxygen atoms in total. The number of aromatic amines is 1. The molecule has 2 aromatic carbocycles. The van der Waals surface area contributed by atoms with Crippen LogP contribution in [0, 0.1) is 5.82 Å². The average molecular weight is 445 g/mol.